The van der Waals surface area contributed by atoms with Gasteiger partial charge in [-0.05, 0) is 26.1 Å². The molecule has 0 atom stereocenters. The van der Waals surface area contributed by atoms with Crippen LogP contribution in [0.2, 0.25) is 0 Å². The molecule has 0 bridgehead atoms. The lowest BCUT2D eigenvalue weighted by Gasteiger charge is -2.16. The Balaban J connectivity index is 2.18. The molecule has 0 aliphatic carbocycles. The summed E-state index contributed by atoms with van der Waals surface area (Å²) < 4.78 is 11.2. The molecule has 4 heteroatoms. The molecule has 0 fully saturated rings. The predicted octanol–water partition coefficient (Wildman–Crippen LogP) is 3.01. The van der Waals surface area contributed by atoms with Gasteiger partial charge in [-0.2, -0.15) is 0 Å². The number of hydrogen-bond acceptors (Lipinski definition) is 4. The van der Waals surface area contributed by atoms with Crippen LogP contribution in [0.4, 0.5) is 0 Å². The largest absolute Gasteiger partial charge is 0.459 e. The molecule has 1 N–H and O–H groups in total. The summed E-state index contributed by atoms with van der Waals surface area (Å²) in [4.78, 5) is 2.27. The lowest BCUT2D eigenvalue weighted by atomic mass is 10.1. The SMILES string of the molecule is CCCNCc1oc2ccccc2c1CN(C)CCOC. The summed E-state index contributed by atoms with van der Waals surface area (Å²) >= 11 is 0. The van der Waals surface area contributed by atoms with Crippen molar-refractivity contribution in [3.63, 3.8) is 0 Å². The monoisotopic (exact) mass is 290 g/mol. The number of fused-ring (bicyclic) bond motifs is 1. The zero-order chi connectivity index (χ0) is 15.1. The van der Waals surface area contributed by atoms with Crippen LogP contribution in [0.15, 0.2) is 28.7 Å². The fourth-order valence-corrected chi connectivity index (χ4v) is 2.44. The molecule has 116 valence electrons. The van der Waals surface area contributed by atoms with Gasteiger partial charge in [-0.15, -0.1) is 0 Å². The van der Waals surface area contributed by atoms with Crippen molar-refractivity contribution in [3.8, 4) is 0 Å². The minimum atomic E-state index is 0.746. The van der Waals surface area contributed by atoms with Gasteiger partial charge in [0.25, 0.3) is 0 Å². The van der Waals surface area contributed by atoms with Crippen molar-refractivity contribution in [3.05, 3.63) is 35.6 Å². The Kier molecular flexibility index (Phi) is 6.23. The average molecular weight is 290 g/mol. The first-order valence-corrected chi connectivity index (χ1v) is 7.63. The van der Waals surface area contributed by atoms with Crippen molar-refractivity contribution < 1.29 is 9.15 Å². The first kappa shape index (κ1) is 16.0. The molecule has 4 nitrogen and oxygen atoms in total. The van der Waals surface area contributed by atoms with E-state index in [2.05, 4.69) is 36.3 Å². The normalized spacial score (nSPS) is 11.6. The van der Waals surface area contributed by atoms with E-state index in [1.807, 2.05) is 12.1 Å². The van der Waals surface area contributed by atoms with Gasteiger partial charge in [0.1, 0.15) is 11.3 Å². The highest BCUT2D eigenvalue weighted by molar-refractivity contribution is 5.82. The third kappa shape index (κ3) is 4.30. The third-order valence-corrected chi connectivity index (χ3v) is 3.60. The van der Waals surface area contributed by atoms with E-state index in [1.54, 1.807) is 7.11 Å². The minimum absolute atomic E-state index is 0.746. The number of hydrogen-bond donors (Lipinski definition) is 1. The first-order chi connectivity index (χ1) is 10.3. The number of nitrogens with one attached hydrogen (secondary N) is 1. The Labute approximate surface area is 127 Å². The fourth-order valence-electron chi connectivity index (χ4n) is 2.44. The summed E-state index contributed by atoms with van der Waals surface area (Å²) in [6.45, 7) is 6.51. The number of furan rings is 1. The summed E-state index contributed by atoms with van der Waals surface area (Å²) in [7, 11) is 3.85. The molecule has 21 heavy (non-hydrogen) atoms. The second-order valence-corrected chi connectivity index (χ2v) is 5.41. The Bertz CT molecular complexity index is 551. The highest BCUT2D eigenvalue weighted by Gasteiger charge is 2.15. The zero-order valence-electron chi connectivity index (χ0n) is 13.3. The Morgan fingerprint density at radius 1 is 1.29 bits per heavy atom. The maximum absolute atomic E-state index is 6.03. The quantitative estimate of drug-likeness (QED) is 0.720. The van der Waals surface area contributed by atoms with Gasteiger partial charge >= 0.3 is 0 Å². The molecule has 0 amide bonds. The molecule has 0 saturated heterocycles. The van der Waals surface area contributed by atoms with Crippen LogP contribution in [0.1, 0.15) is 24.7 Å². The van der Waals surface area contributed by atoms with Crippen molar-refractivity contribution in [2.45, 2.75) is 26.4 Å². The highest BCUT2D eigenvalue weighted by Crippen LogP contribution is 2.26. The molecule has 0 saturated carbocycles. The smallest absolute Gasteiger partial charge is 0.134 e. The number of likely N-dealkylation sites (N-methyl/N-ethyl adjacent to an activating group) is 1. The van der Waals surface area contributed by atoms with Gasteiger partial charge in [0, 0.05) is 31.1 Å². The van der Waals surface area contributed by atoms with E-state index in [0.717, 1.165) is 50.5 Å². The summed E-state index contributed by atoms with van der Waals surface area (Å²) in [6.07, 6.45) is 1.13. The zero-order valence-corrected chi connectivity index (χ0v) is 13.3. The second-order valence-electron chi connectivity index (χ2n) is 5.41. The maximum Gasteiger partial charge on any atom is 0.134 e. The standard InChI is InChI=1S/C17H26N2O2/c1-4-9-18-12-17-15(13-19(2)10-11-20-3)14-7-5-6-8-16(14)21-17/h5-8,18H,4,9-13H2,1-3H3. The molecular formula is C17H26N2O2. The predicted molar refractivity (Wildman–Crippen MR) is 86.4 cm³/mol. The summed E-state index contributed by atoms with van der Waals surface area (Å²) in [5.41, 5.74) is 2.26. The summed E-state index contributed by atoms with van der Waals surface area (Å²) in [5.74, 6) is 1.05. The second kappa shape index (κ2) is 8.17. The van der Waals surface area contributed by atoms with Crippen LogP contribution in [0.25, 0.3) is 11.0 Å². The van der Waals surface area contributed by atoms with E-state index in [0.29, 0.717) is 0 Å². The Morgan fingerprint density at radius 3 is 2.86 bits per heavy atom. The Morgan fingerprint density at radius 2 is 2.10 bits per heavy atom. The van der Waals surface area contributed by atoms with E-state index in [-0.39, 0.29) is 0 Å². The fraction of sp³-hybridized carbons (Fsp3) is 0.529. The van der Waals surface area contributed by atoms with Crippen LogP contribution in [-0.2, 0) is 17.8 Å². The molecule has 1 aromatic heterocycles. The summed E-state index contributed by atoms with van der Waals surface area (Å²) in [5, 5.41) is 4.65. The molecule has 0 spiro atoms. The van der Waals surface area contributed by atoms with Gasteiger partial charge in [0.15, 0.2) is 0 Å². The number of benzene rings is 1. The molecule has 0 aliphatic rings. The lowest BCUT2D eigenvalue weighted by Crippen LogP contribution is -2.23. The molecular weight excluding hydrogens is 264 g/mol. The van der Waals surface area contributed by atoms with E-state index >= 15 is 0 Å². The van der Waals surface area contributed by atoms with Crippen molar-refractivity contribution in [1.29, 1.82) is 0 Å². The van der Waals surface area contributed by atoms with Gasteiger partial charge in [0.05, 0.1) is 13.2 Å². The van der Waals surface area contributed by atoms with Crippen LogP contribution in [0, 0.1) is 0 Å². The van der Waals surface area contributed by atoms with Gasteiger partial charge in [-0.25, -0.2) is 0 Å². The third-order valence-electron chi connectivity index (χ3n) is 3.60. The van der Waals surface area contributed by atoms with Crippen molar-refractivity contribution in [1.82, 2.24) is 10.2 Å². The molecule has 2 aromatic rings. The summed E-state index contributed by atoms with van der Waals surface area (Å²) in [6, 6.07) is 8.27. The van der Waals surface area contributed by atoms with E-state index in [9.17, 15) is 0 Å². The average Bonchev–Trinajstić information content (AvgIpc) is 2.83. The van der Waals surface area contributed by atoms with Gasteiger partial charge in [-0.3, -0.25) is 4.90 Å². The van der Waals surface area contributed by atoms with Crippen molar-refractivity contribution in [2.24, 2.45) is 0 Å². The topological polar surface area (TPSA) is 37.6 Å². The molecule has 0 unspecified atom stereocenters. The van der Waals surface area contributed by atoms with E-state index in [4.69, 9.17) is 9.15 Å². The molecule has 0 aliphatic heterocycles. The Hall–Kier alpha value is -1.36. The van der Waals surface area contributed by atoms with Crippen LogP contribution in [-0.4, -0.2) is 38.8 Å². The number of methoxy groups -OCH3 is 1. The van der Waals surface area contributed by atoms with Crippen LogP contribution >= 0.6 is 0 Å². The minimum Gasteiger partial charge on any atom is -0.459 e. The molecule has 1 heterocycles. The van der Waals surface area contributed by atoms with E-state index < -0.39 is 0 Å². The van der Waals surface area contributed by atoms with E-state index in [1.165, 1.54) is 10.9 Å². The maximum atomic E-state index is 6.03. The van der Waals surface area contributed by atoms with Crippen molar-refractivity contribution in [2.75, 3.05) is 33.9 Å². The molecule has 0 radical (unpaired) electrons. The number of para-hydroxylation sites is 1. The van der Waals surface area contributed by atoms with Crippen LogP contribution < -0.4 is 5.32 Å². The molecule has 2 rings (SSSR count). The van der Waals surface area contributed by atoms with Crippen LogP contribution in [0.5, 0.6) is 0 Å². The number of ether oxygens (including phenoxy) is 1. The number of rotatable bonds is 9. The molecule has 1 aromatic carbocycles. The van der Waals surface area contributed by atoms with Gasteiger partial charge in [-0.1, -0.05) is 25.1 Å². The first-order valence-electron chi connectivity index (χ1n) is 7.63. The lowest BCUT2D eigenvalue weighted by molar-refractivity contribution is 0.158. The van der Waals surface area contributed by atoms with Gasteiger partial charge in [0.2, 0.25) is 0 Å². The number of nitrogens with zero attached hydrogens (tertiary/aromatic N) is 1. The van der Waals surface area contributed by atoms with Crippen LogP contribution in [0.3, 0.4) is 0 Å². The van der Waals surface area contributed by atoms with Gasteiger partial charge < -0.3 is 14.5 Å². The van der Waals surface area contributed by atoms with Crippen molar-refractivity contribution >= 4 is 11.0 Å². The highest BCUT2D eigenvalue weighted by atomic mass is 16.5.